The van der Waals surface area contributed by atoms with Crippen molar-refractivity contribution in [1.29, 1.82) is 0 Å². The highest BCUT2D eigenvalue weighted by molar-refractivity contribution is 5.85. The summed E-state index contributed by atoms with van der Waals surface area (Å²) in [5, 5.41) is 0. The number of rotatable bonds is 4. The van der Waals surface area contributed by atoms with Crippen LogP contribution in [0.5, 0.6) is 11.5 Å². The average Bonchev–Trinajstić information content (AvgIpc) is 2.74. The van der Waals surface area contributed by atoms with E-state index in [2.05, 4.69) is 4.90 Å². The number of halogens is 1. The lowest BCUT2D eigenvalue weighted by Crippen LogP contribution is -2.26. The van der Waals surface area contributed by atoms with Gasteiger partial charge in [-0.25, -0.2) is 0 Å². The molecule has 0 radical (unpaired) electrons. The van der Waals surface area contributed by atoms with Gasteiger partial charge in [0.1, 0.15) is 11.5 Å². The predicted molar refractivity (Wildman–Crippen MR) is 74.7 cm³/mol. The Bertz CT molecular complexity index is 387. The highest BCUT2D eigenvalue weighted by atomic mass is 35.5. The third-order valence-electron chi connectivity index (χ3n) is 3.19. The molecule has 0 spiro atoms. The molecular weight excluding hydrogens is 252 g/mol. The molecule has 0 aromatic heterocycles. The number of nitrogens with two attached hydrogens (primary N) is 1. The lowest BCUT2D eigenvalue weighted by molar-refractivity contribution is 0.315. The molecule has 5 heteroatoms. The Balaban J connectivity index is 0.00000162. The maximum atomic E-state index is 5.91. The minimum atomic E-state index is 0. The van der Waals surface area contributed by atoms with Crippen molar-refractivity contribution >= 4 is 12.4 Å². The molecule has 2 N–H and O–H groups in total. The number of methoxy groups -OCH3 is 2. The highest BCUT2D eigenvalue weighted by Gasteiger charge is 2.20. The van der Waals surface area contributed by atoms with Gasteiger partial charge in [0, 0.05) is 31.2 Å². The van der Waals surface area contributed by atoms with Gasteiger partial charge in [-0.3, -0.25) is 4.90 Å². The number of nitrogens with zero attached hydrogens (tertiary/aromatic N) is 1. The van der Waals surface area contributed by atoms with E-state index < -0.39 is 0 Å². The van der Waals surface area contributed by atoms with Crippen LogP contribution in [0.3, 0.4) is 0 Å². The lowest BCUT2D eigenvalue weighted by atomic mass is 10.1. The van der Waals surface area contributed by atoms with Crippen LogP contribution in [0.15, 0.2) is 18.2 Å². The largest absolute Gasteiger partial charge is 0.497 e. The van der Waals surface area contributed by atoms with Gasteiger partial charge in [0.15, 0.2) is 0 Å². The van der Waals surface area contributed by atoms with E-state index in [-0.39, 0.29) is 12.4 Å². The SMILES string of the molecule is COc1ccc(OC)c(CN2CC[C@@H](N)C2)c1.Cl. The average molecular weight is 273 g/mol. The van der Waals surface area contributed by atoms with Crippen molar-refractivity contribution in [2.75, 3.05) is 27.3 Å². The molecule has 0 aliphatic carbocycles. The van der Waals surface area contributed by atoms with E-state index in [1.807, 2.05) is 18.2 Å². The second kappa shape index (κ2) is 6.83. The number of likely N-dealkylation sites (tertiary alicyclic amines) is 1. The van der Waals surface area contributed by atoms with Crippen LogP contribution < -0.4 is 15.2 Å². The molecule has 102 valence electrons. The van der Waals surface area contributed by atoms with Crippen LogP contribution in [0.2, 0.25) is 0 Å². The molecule has 1 aromatic rings. The molecule has 0 bridgehead atoms. The van der Waals surface area contributed by atoms with Crippen molar-refractivity contribution in [2.45, 2.75) is 19.0 Å². The van der Waals surface area contributed by atoms with Crippen LogP contribution in [0, 0.1) is 0 Å². The van der Waals surface area contributed by atoms with Gasteiger partial charge < -0.3 is 15.2 Å². The summed E-state index contributed by atoms with van der Waals surface area (Å²) in [6.07, 6.45) is 1.08. The molecule has 1 aliphatic rings. The quantitative estimate of drug-likeness (QED) is 0.906. The molecule has 0 amide bonds. The van der Waals surface area contributed by atoms with E-state index in [1.165, 1.54) is 0 Å². The topological polar surface area (TPSA) is 47.7 Å². The molecule has 18 heavy (non-hydrogen) atoms. The van der Waals surface area contributed by atoms with Gasteiger partial charge in [0.2, 0.25) is 0 Å². The molecule has 1 aliphatic heterocycles. The van der Waals surface area contributed by atoms with Crippen molar-refractivity contribution < 1.29 is 9.47 Å². The van der Waals surface area contributed by atoms with Gasteiger partial charge in [-0.2, -0.15) is 0 Å². The zero-order chi connectivity index (χ0) is 12.3. The number of benzene rings is 1. The Labute approximate surface area is 114 Å². The van der Waals surface area contributed by atoms with Crippen molar-refractivity contribution in [1.82, 2.24) is 4.90 Å². The Kier molecular flexibility index (Phi) is 5.72. The number of ether oxygens (including phenoxy) is 2. The minimum absolute atomic E-state index is 0. The predicted octanol–water partition coefficient (Wildman–Crippen LogP) is 1.66. The summed E-state index contributed by atoms with van der Waals surface area (Å²) in [6.45, 7) is 2.88. The first kappa shape index (κ1) is 15.1. The van der Waals surface area contributed by atoms with Gasteiger partial charge in [0.25, 0.3) is 0 Å². The van der Waals surface area contributed by atoms with Crippen LogP contribution in [0.1, 0.15) is 12.0 Å². The first-order valence-corrected chi connectivity index (χ1v) is 5.91. The van der Waals surface area contributed by atoms with E-state index in [1.54, 1.807) is 14.2 Å². The monoisotopic (exact) mass is 272 g/mol. The Morgan fingerprint density at radius 2 is 2.11 bits per heavy atom. The molecule has 1 aromatic carbocycles. The molecule has 2 rings (SSSR count). The maximum Gasteiger partial charge on any atom is 0.123 e. The van der Waals surface area contributed by atoms with E-state index in [0.717, 1.165) is 43.1 Å². The molecule has 1 atom stereocenters. The lowest BCUT2D eigenvalue weighted by Gasteiger charge is -2.17. The zero-order valence-corrected chi connectivity index (χ0v) is 11.7. The van der Waals surface area contributed by atoms with E-state index in [9.17, 15) is 0 Å². The van der Waals surface area contributed by atoms with E-state index >= 15 is 0 Å². The summed E-state index contributed by atoms with van der Waals surface area (Å²) >= 11 is 0. The fraction of sp³-hybridized carbons (Fsp3) is 0.538. The van der Waals surface area contributed by atoms with E-state index in [4.69, 9.17) is 15.2 Å². The summed E-state index contributed by atoms with van der Waals surface area (Å²) in [5.41, 5.74) is 7.06. The van der Waals surface area contributed by atoms with Gasteiger partial charge in [-0.1, -0.05) is 0 Å². The van der Waals surface area contributed by atoms with Crippen LogP contribution in [-0.2, 0) is 6.54 Å². The smallest absolute Gasteiger partial charge is 0.123 e. The molecule has 1 heterocycles. The molecule has 0 saturated carbocycles. The van der Waals surface area contributed by atoms with Crippen molar-refractivity contribution in [3.63, 3.8) is 0 Å². The summed E-state index contributed by atoms with van der Waals surface area (Å²) in [4.78, 5) is 2.35. The van der Waals surface area contributed by atoms with E-state index in [0.29, 0.717) is 6.04 Å². The minimum Gasteiger partial charge on any atom is -0.497 e. The zero-order valence-electron chi connectivity index (χ0n) is 10.9. The summed E-state index contributed by atoms with van der Waals surface area (Å²) in [5.74, 6) is 1.77. The van der Waals surface area contributed by atoms with Crippen molar-refractivity contribution in [2.24, 2.45) is 5.73 Å². The third-order valence-corrected chi connectivity index (χ3v) is 3.19. The molecule has 0 unspecified atom stereocenters. The first-order valence-electron chi connectivity index (χ1n) is 5.91. The fourth-order valence-electron chi connectivity index (χ4n) is 2.25. The standard InChI is InChI=1S/C13H20N2O2.ClH/c1-16-12-3-4-13(17-2)10(7-12)8-15-6-5-11(14)9-15;/h3-4,7,11H,5-6,8-9,14H2,1-2H3;1H/t11-;/m1./s1. The van der Waals surface area contributed by atoms with Crippen LogP contribution in [0.4, 0.5) is 0 Å². The number of hydrogen-bond acceptors (Lipinski definition) is 4. The molecule has 4 nitrogen and oxygen atoms in total. The molecule has 1 fully saturated rings. The van der Waals surface area contributed by atoms with Gasteiger partial charge in [-0.15, -0.1) is 12.4 Å². The van der Waals surface area contributed by atoms with Crippen LogP contribution in [0.25, 0.3) is 0 Å². The second-order valence-electron chi connectivity index (χ2n) is 4.46. The first-order chi connectivity index (χ1) is 8.22. The summed E-state index contributed by atoms with van der Waals surface area (Å²) in [7, 11) is 3.37. The van der Waals surface area contributed by atoms with Gasteiger partial charge in [0.05, 0.1) is 14.2 Å². The van der Waals surface area contributed by atoms with Crippen molar-refractivity contribution in [3.8, 4) is 11.5 Å². The second-order valence-corrected chi connectivity index (χ2v) is 4.46. The summed E-state index contributed by atoms with van der Waals surface area (Å²) in [6, 6.07) is 6.21. The van der Waals surface area contributed by atoms with Crippen LogP contribution >= 0.6 is 12.4 Å². The fourth-order valence-corrected chi connectivity index (χ4v) is 2.25. The Hall–Kier alpha value is -0.970. The number of hydrogen-bond donors (Lipinski definition) is 1. The maximum absolute atomic E-state index is 5.91. The molecular formula is C13H21ClN2O2. The van der Waals surface area contributed by atoms with Crippen LogP contribution in [-0.4, -0.2) is 38.3 Å². The van der Waals surface area contributed by atoms with Gasteiger partial charge in [-0.05, 0) is 24.6 Å². The van der Waals surface area contributed by atoms with Crippen molar-refractivity contribution in [3.05, 3.63) is 23.8 Å². The normalized spacial score (nSPS) is 19.4. The molecule has 1 saturated heterocycles. The summed E-state index contributed by atoms with van der Waals surface area (Å²) < 4.78 is 10.6. The van der Waals surface area contributed by atoms with Gasteiger partial charge >= 0.3 is 0 Å². The highest BCUT2D eigenvalue weighted by Crippen LogP contribution is 2.26. The third kappa shape index (κ3) is 3.51. The Morgan fingerprint density at radius 3 is 2.67 bits per heavy atom. The Morgan fingerprint density at radius 1 is 1.33 bits per heavy atom.